The average molecular weight is 345 g/mol. The first-order chi connectivity index (χ1) is 10.9. The number of unbranched alkanes of at least 4 members (excludes halogenated alkanes) is 4. The molecular formula is C17H35N3O4. The lowest BCUT2D eigenvalue weighted by atomic mass is 10.2. The second kappa shape index (κ2) is 10.4. The van der Waals surface area contributed by atoms with Crippen molar-refractivity contribution in [3.05, 3.63) is 0 Å². The van der Waals surface area contributed by atoms with Gasteiger partial charge in [0.25, 0.3) is 0 Å². The van der Waals surface area contributed by atoms with E-state index in [1.807, 2.05) is 0 Å². The van der Waals surface area contributed by atoms with Gasteiger partial charge in [-0.2, -0.15) is 0 Å². The molecule has 7 nitrogen and oxygen atoms in total. The molecule has 0 aliphatic heterocycles. The Morgan fingerprint density at radius 3 is 1.92 bits per heavy atom. The van der Waals surface area contributed by atoms with Crippen LogP contribution in [0.1, 0.15) is 80.6 Å². The lowest BCUT2D eigenvalue weighted by Crippen LogP contribution is -2.56. The molecule has 0 unspecified atom stereocenters. The van der Waals surface area contributed by atoms with E-state index in [0.29, 0.717) is 6.54 Å². The molecule has 0 saturated heterocycles. The smallest absolute Gasteiger partial charge is 0.443 e. The van der Waals surface area contributed by atoms with Crippen LogP contribution >= 0.6 is 0 Å². The summed E-state index contributed by atoms with van der Waals surface area (Å²) in [4.78, 5) is 24.1. The topological polar surface area (TPSA) is 79.9 Å². The summed E-state index contributed by atoms with van der Waals surface area (Å²) in [7, 11) is 0. The SMILES string of the molecule is CCCCCCCNN(NC(=O)OC(C)(C)C)C(=O)OC(C)(C)C. The molecule has 0 saturated carbocycles. The summed E-state index contributed by atoms with van der Waals surface area (Å²) in [5.74, 6) is 0. The third kappa shape index (κ3) is 13.0. The standard InChI is InChI=1S/C17H35N3O4/c1-8-9-10-11-12-13-18-20(15(22)24-17(5,6)7)19-14(21)23-16(2,3)4/h18H,8-13H2,1-7H3,(H,19,21). The third-order valence-electron chi connectivity index (χ3n) is 2.73. The molecule has 0 aliphatic rings. The average Bonchev–Trinajstić information content (AvgIpc) is 2.37. The first-order valence-electron chi connectivity index (χ1n) is 8.71. The van der Waals surface area contributed by atoms with E-state index in [9.17, 15) is 9.59 Å². The van der Waals surface area contributed by atoms with E-state index in [1.54, 1.807) is 41.5 Å². The highest BCUT2D eigenvalue weighted by Crippen LogP contribution is 2.10. The number of carbonyl (C=O) groups excluding carboxylic acids is 2. The van der Waals surface area contributed by atoms with Crippen LogP contribution in [0.25, 0.3) is 0 Å². The first-order valence-corrected chi connectivity index (χ1v) is 8.71. The Bertz CT molecular complexity index is 386. The quantitative estimate of drug-likeness (QED) is 0.535. The molecule has 0 spiro atoms. The van der Waals surface area contributed by atoms with Crippen LogP contribution in [0.5, 0.6) is 0 Å². The van der Waals surface area contributed by atoms with E-state index in [-0.39, 0.29) is 0 Å². The molecule has 2 amide bonds. The number of hydrazine groups is 2. The molecule has 0 aromatic carbocycles. The molecular weight excluding hydrogens is 310 g/mol. The van der Waals surface area contributed by atoms with Gasteiger partial charge in [-0.05, 0) is 48.0 Å². The highest BCUT2D eigenvalue weighted by molar-refractivity contribution is 5.73. The van der Waals surface area contributed by atoms with Gasteiger partial charge < -0.3 is 9.47 Å². The van der Waals surface area contributed by atoms with E-state index < -0.39 is 23.4 Å². The minimum Gasteiger partial charge on any atom is -0.443 e. The van der Waals surface area contributed by atoms with Gasteiger partial charge >= 0.3 is 12.2 Å². The van der Waals surface area contributed by atoms with Crippen LogP contribution < -0.4 is 10.9 Å². The number of nitrogens with one attached hydrogen (secondary N) is 2. The third-order valence-corrected chi connectivity index (χ3v) is 2.73. The predicted octanol–water partition coefficient (Wildman–Crippen LogP) is 4.14. The summed E-state index contributed by atoms with van der Waals surface area (Å²) in [6, 6.07) is 0. The summed E-state index contributed by atoms with van der Waals surface area (Å²) in [5.41, 5.74) is 3.96. The van der Waals surface area contributed by atoms with Gasteiger partial charge in [-0.15, -0.1) is 5.12 Å². The summed E-state index contributed by atoms with van der Waals surface area (Å²) < 4.78 is 10.4. The number of ether oxygens (including phenoxy) is 2. The zero-order valence-electron chi connectivity index (χ0n) is 16.3. The maximum absolute atomic E-state index is 12.2. The van der Waals surface area contributed by atoms with Gasteiger partial charge in [-0.25, -0.2) is 20.4 Å². The van der Waals surface area contributed by atoms with Gasteiger partial charge in [-0.1, -0.05) is 32.6 Å². The zero-order valence-corrected chi connectivity index (χ0v) is 16.3. The number of hydrogen-bond donors (Lipinski definition) is 2. The van der Waals surface area contributed by atoms with Gasteiger partial charge in [0.15, 0.2) is 0 Å². The van der Waals surface area contributed by atoms with E-state index in [1.165, 1.54) is 12.8 Å². The second-order valence-electron chi connectivity index (χ2n) is 7.75. The van der Waals surface area contributed by atoms with Gasteiger partial charge in [0.1, 0.15) is 11.2 Å². The van der Waals surface area contributed by atoms with Crippen molar-refractivity contribution in [2.45, 2.75) is 91.8 Å². The zero-order chi connectivity index (χ0) is 18.8. The maximum Gasteiger partial charge on any atom is 0.444 e. The van der Waals surface area contributed by atoms with E-state index >= 15 is 0 Å². The maximum atomic E-state index is 12.2. The molecule has 24 heavy (non-hydrogen) atoms. The van der Waals surface area contributed by atoms with E-state index in [2.05, 4.69) is 17.8 Å². The van der Waals surface area contributed by atoms with Crippen LogP contribution in [-0.2, 0) is 9.47 Å². The molecule has 0 rings (SSSR count). The Labute approximate surface area is 146 Å². The van der Waals surface area contributed by atoms with Crippen molar-refractivity contribution in [3.8, 4) is 0 Å². The summed E-state index contributed by atoms with van der Waals surface area (Å²) in [6.45, 7) is 13.3. The van der Waals surface area contributed by atoms with Crippen molar-refractivity contribution >= 4 is 12.2 Å². The highest BCUT2D eigenvalue weighted by Gasteiger charge is 2.25. The van der Waals surface area contributed by atoms with Crippen LogP contribution in [0.15, 0.2) is 0 Å². The van der Waals surface area contributed by atoms with Crippen molar-refractivity contribution in [1.82, 2.24) is 16.0 Å². The molecule has 0 bridgehead atoms. The van der Waals surface area contributed by atoms with Crippen LogP contribution in [-0.4, -0.2) is 35.1 Å². The number of hydrogen-bond acceptors (Lipinski definition) is 5. The summed E-state index contributed by atoms with van der Waals surface area (Å²) >= 11 is 0. The Morgan fingerprint density at radius 1 is 0.875 bits per heavy atom. The molecule has 0 aromatic rings. The lowest BCUT2D eigenvalue weighted by Gasteiger charge is -2.28. The molecule has 142 valence electrons. The van der Waals surface area contributed by atoms with Gasteiger partial charge in [0.2, 0.25) is 0 Å². The van der Waals surface area contributed by atoms with E-state index in [4.69, 9.17) is 9.47 Å². The number of carbonyl (C=O) groups is 2. The fourth-order valence-electron chi connectivity index (χ4n) is 1.77. The predicted molar refractivity (Wildman–Crippen MR) is 94.2 cm³/mol. The second-order valence-corrected chi connectivity index (χ2v) is 7.75. The van der Waals surface area contributed by atoms with Crippen molar-refractivity contribution in [2.75, 3.05) is 6.54 Å². The highest BCUT2D eigenvalue weighted by atomic mass is 16.6. The van der Waals surface area contributed by atoms with Crippen LogP contribution in [0.2, 0.25) is 0 Å². The summed E-state index contributed by atoms with van der Waals surface area (Å²) in [5, 5.41) is 0.957. The van der Waals surface area contributed by atoms with Crippen LogP contribution in [0, 0.1) is 0 Å². The molecule has 0 heterocycles. The molecule has 0 radical (unpaired) electrons. The molecule has 0 atom stereocenters. The molecule has 0 aromatic heterocycles. The summed E-state index contributed by atoms with van der Waals surface area (Å²) in [6.07, 6.45) is 4.10. The fourth-order valence-corrected chi connectivity index (χ4v) is 1.77. The Kier molecular flexibility index (Phi) is 9.73. The minimum absolute atomic E-state index is 0.554. The fraction of sp³-hybridized carbons (Fsp3) is 0.882. The Balaban J connectivity index is 4.54. The number of rotatable bonds is 7. The normalized spacial score (nSPS) is 11.8. The van der Waals surface area contributed by atoms with Crippen LogP contribution in [0.3, 0.4) is 0 Å². The van der Waals surface area contributed by atoms with Crippen molar-refractivity contribution in [3.63, 3.8) is 0 Å². The van der Waals surface area contributed by atoms with Crippen molar-refractivity contribution in [1.29, 1.82) is 0 Å². The van der Waals surface area contributed by atoms with E-state index in [0.717, 1.165) is 24.4 Å². The minimum atomic E-state index is -0.716. The Hall–Kier alpha value is -1.50. The van der Waals surface area contributed by atoms with Gasteiger partial charge in [0.05, 0.1) is 0 Å². The lowest BCUT2D eigenvalue weighted by molar-refractivity contribution is -0.0125. The number of nitrogens with zero attached hydrogens (tertiary/aromatic N) is 1. The first kappa shape index (κ1) is 22.5. The van der Waals surface area contributed by atoms with Crippen LogP contribution in [0.4, 0.5) is 9.59 Å². The molecule has 7 heteroatoms. The van der Waals surface area contributed by atoms with Crippen molar-refractivity contribution < 1.29 is 19.1 Å². The van der Waals surface area contributed by atoms with Gasteiger partial charge in [-0.3, -0.25) is 0 Å². The largest absolute Gasteiger partial charge is 0.444 e. The molecule has 2 N–H and O–H groups in total. The Morgan fingerprint density at radius 2 is 1.42 bits per heavy atom. The van der Waals surface area contributed by atoms with Gasteiger partial charge in [0, 0.05) is 6.54 Å². The monoisotopic (exact) mass is 345 g/mol. The number of amides is 2. The van der Waals surface area contributed by atoms with Crippen molar-refractivity contribution in [2.24, 2.45) is 0 Å². The molecule has 0 aliphatic carbocycles. The molecule has 0 fully saturated rings.